The molecule has 2 aromatic rings. The third-order valence-electron chi connectivity index (χ3n) is 2.83. The molecule has 1 aromatic carbocycles. The number of thiazole rings is 1. The van der Waals surface area contributed by atoms with Crippen LogP contribution in [0.1, 0.15) is 17.1 Å². The van der Waals surface area contributed by atoms with E-state index in [1.165, 1.54) is 19.2 Å². The molecule has 0 atom stereocenters. The maximum absolute atomic E-state index is 13.5. The predicted molar refractivity (Wildman–Crippen MR) is 89.2 cm³/mol. The van der Waals surface area contributed by atoms with E-state index in [1.54, 1.807) is 29.2 Å². The van der Waals surface area contributed by atoms with Gasteiger partial charge in [0.15, 0.2) is 11.6 Å². The van der Waals surface area contributed by atoms with Gasteiger partial charge in [-0.25, -0.2) is 9.37 Å². The fourth-order valence-electron chi connectivity index (χ4n) is 1.78. The van der Waals surface area contributed by atoms with Gasteiger partial charge in [0, 0.05) is 35.1 Å². The van der Waals surface area contributed by atoms with Crippen LogP contribution in [0.4, 0.5) is 10.1 Å². The highest BCUT2D eigenvalue weighted by Crippen LogP contribution is 2.21. The van der Waals surface area contributed by atoms with Crippen LogP contribution in [0.3, 0.4) is 0 Å². The highest BCUT2D eigenvalue weighted by Gasteiger charge is 2.07. The number of carbonyl (C=O) groups excluding carboxylic acids is 1. The van der Waals surface area contributed by atoms with Crippen LogP contribution in [0.25, 0.3) is 0 Å². The van der Waals surface area contributed by atoms with Crippen molar-refractivity contribution in [2.24, 2.45) is 0 Å². The lowest BCUT2D eigenvalue weighted by atomic mass is 10.3. The smallest absolute Gasteiger partial charge is 0.225 e. The maximum Gasteiger partial charge on any atom is 0.225 e. The van der Waals surface area contributed by atoms with Crippen LogP contribution >= 0.6 is 23.1 Å². The fraction of sp³-hybridized carbons (Fsp3) is 0.333. The summed E-state index contributed by atoms with van der Waals surface area (Å²) >= 11 is 3.28. The highest BCUT2D eigenvalue weighted by atomic mass is 32.2. The summed E-state index contributed by atoms with van der Waals surface area (Å²) < 4.78 is 18.3. The number of benzene rings is 1. The first-order valence-electron chi connectivity index (χ1n) is 6.70. The Kier molecular flexibility index (Phi) is 6.21. The summed E-state index contributed by atoms with van der Waals surface area (Å²) in [5, 5.41) is 5.76. The Bertz CT molecular complexity index is 646. The average molecular weight is 340 g/mol. The van der Waals surface area contributed by atoms with Crippen LogP contribution in [-0.2, 0) is 10.5 Å². The molecule has 0 saturated heterocycles. The van der Waals surface area contributed by atoms with Gasteiger partial charge < -0.3 is 10.1 Å². The quantitative estimate of drug-likeness (QED) is 0.778. The number of aromatic nitrogens is 1. The van der Waals surface area contributed by atoms with Gasteiger partial charge in [-0.3, -0.25) is 4.79 Å². The lowest BCUT2D eigenvalue weighted by Gasteiger charge is -2.07. The number of anilines is 1. The number of carbonyl (C=O) groups is 1. The van der Waals surface area contributed by atoms with E-state index < -0.39 is 5.82 Å². The summed E-state index contributed by atoms with van der Waals surface area (Å²) in [7, 11) is 1.40. The molecule has 0 bridgehead atoms. The number of methoxy groups -OCH3 is 1. The van der Waals surface area contributed by atoms with Crippen molar-refractivity contribution in [2.45, 2.75) is 19.1 Å². The molecule has 0 spiro atoms. The Morgan fingerprint density at radius 3 is 2.95 bits per heavy atom. The summed E-state index contributed by atoms with van der Waals surface area (Å²) in [6.07, 6.45) is 0.376. The lowest BCUT2D eigenvalue weighted by molar-refractivity contribution is -0.115. The van der Waals surface area contributed by atoms with E-state index in [-0.39, 0.29) is 11.7 Å². The second kappa shape index (κ2) is 8.14. The minimum absolute atomic E-state index is 0.133. The monoisotopic (exact) mass is 340 g/mol. The average Bonchev–Trinajstić information content (AvgIpc) is 2.89. The maximum atomic E-state index is 13.5. The molecule has 1 N–H and O–H groups in total. The van der Waals surface area contributed by atoms with Crippen molar-refractivity contribution in [3.63, 3.8) is 0 Å². The Labute approximate surface area is 137 Å². The van der Waals surface area contributed by atoms with Crippen molar-refractivity contribution in [2.75, 3.05) is 18.2 Å². The van der Waals surface area contributed by atoms with Crippen LogP contribution < -0.4 is 10.1 Å². The highest BCUT2D eigenvalue weighted by molar-refractivity contribution is 7.98. The van der Waals surface area contributed by atoms with Crippen molar-refractivity contribution in [3.8, 4) is 5.75 Å². The minimum Gasteiger partial charge on any atom is -0.494 e. The third kappa shape index (κ3) is 4.99. The Morgan fingerprint density at radius 2 is 2.32 bits per heavy atom. The van der Waals surface area contributed by atoms with Crippen molar-refractivity contribution in [1.82, 2.24) is 4.98 Å². The van der Waals surface area contributed by atoms with E-state index >= 15 is 0 Å². The lowest BCUT2D eigenvalue weighted by Crippen LogP contribution is -2.12. The van der Waals surface area contributed by atoms with E-state index in [0.717, 1.165) is 16.5 Å². The predicted octanol–water partition coefficient (Wildman–Crippen LogP) is 3.86. The summed E-state index contributed by atoms with van der Waals surface area (Å²) in [4.78, 5) is 16.2. The van der Waals surface area contributed by atoms with Crippen molar-refractivity contribution in [1.29, 1.82) is 0 Å². The fourth-order valence-corrected chi connectivity index (χ4v) is 3.33. The van der Waals surface area contributed by atoms with Gasteiger partial charge in [0.1, 0.15) is 0 Å². The van der Waals surface area contributed by atoms with Gasteiger partial charge in [-0.1, -0.05) is 0 Å². The number of nitrogens with one attached hydrogen (secondary N) is 1. The molecule has 118 valence electrons. The minimum atomic E-state index is -0.492. The zero-order chi connectivity index (χ0) is 15.9. The molecule has 1 heterocycles. The number of nitrogens with zero attached hydrogens (tertiary/aromatic N) is 1. The zero-order valence-corrected chi connectivity index (χ0v) is 14.0. The molecule has 22 heavy (non-hydrogen) atoms. The molecule has 0 unspecified atom stereocenters. The number of ether oxygens (including phenoxy) is 1. The molecule has 0 aliphatic heterocycles. The normalized spacial score (nSPS) is 10.5. The molecular weight excluding hydrogens is 323 g/mol. The van der Waals surface area contributed by atoms with E-state index in [9.17, 15) is 9.18 Å². The van der Waals surface area contributed by atoms with Gasteiger partial charge in [-0.15, -0.1) is 11.3 Å². The first-order chi connectivity index (χ1) is 10.6. The van der Waals surface area contributed by atoms with Crippen LogP contribution in [0.5, 0.6) is 5.75 Å². The Balaban J connectivity index is 1.72. The number of hydrogen-bond acceptors (Lipinski definition) is 5. The van der Waals surface area contributed by atoms with Gasteiger partial charge >= 0.3 is 0 Å². The largest absolute Gasteiger partial charge is 0.494 e. The van der Waals surface area contributed by atoms with Crippen LogP contribution in [0, 0.1) is 12.7 Å². The Hall–Kier alpha value is -1.60. The summed E-state index contributed by atoms with van der Waals surface area (Å²) in [5.41, 5.74) is 1.48. The van der Waals surface area contributed by atoms with E-state index in [0.29, 0.717) is 17.9 Å². The zero-order valence-electron chi connectivity index (χ0n) is 12.4. The first kappa shape index (κ1) is 16.8. The molecule has 0 aliphatic rings. The molecule has 1 amide bonds. The third-order valence-corrected chi connectivity index (χ3v) is 4.64. The first-order valence-corrected chi connectivity index (χ1v) is 8.74. The van der Waals surface area contributed by atoms with Crippen LogP contribution in [0.2, 0.25) is 0 Å². The molecule has 0 radical (unpaired) electrons. The van der Waals surface area contributed by atoms with Crippen LogP contribution in [0.15, 0.2) is 23.6 Å². The van der Waals surface area contributed by atoms with Gasteiger partial charge in [0.25, 0.3) is 0 Å². The number of hydrogen-bond donors (Lipinski definition) is 1. The second-order valence-corrected chi connectivity index (χ2v) is 6.73. The molecular formula is C15H17FN2O2S2. The standard InChI is InChI=1S/C15H17FN2O2S2/c1-10-17-12(9-22-10)8-21-6-5-15(19)18-11-3-4-14(20-2)13(16)7-11/h3-4,7,9H,5-6,8H2,1-2H3,(H,18,19). The molecule has 7 heteroatoms. The van der Waals surface area contributed by atoms with Crippen molar-refractivity contribution in [3.05, 3.63) is 40.1 Å². The van der Waals surface area contributed by atoms with E-state index in [4.69, 9.17) is 4.74 Å². The van der Waals surface area contributed by atoms with Crippen molar-refractivity contribution >= 4 is 34.7 Å². The van der Waals surface area contributed by atoms with Gasteiger partial charge in [0.2, 0.25) is 5.91 Å². The van der Waals surface area contributed by atoms with Gasteiger partial charge in [-0.05, 0) is 19.1 Å². The number of rotatable bonds is 7. The number of halogens is 1. The molecule has 0 aliphatic carbocycles. The van der Waals surface area contributed by atoms with Crippen LogP contribution in [-0.4, -0.2) is 23.8 Å². The SMILES string of the molecule is COc1ccc(NC(=O)CCSCc2csc(C)n2)cc1F. The summed E-state index contributed by atoms with van der Waals surface area (Å²) in [5.74, 6) is 1.03. The topological polar surface area (TPSA) is 51.2 Å². The number of amides is 1. The number of aryl methyl sites for hydroxylation is 1. The molecule has 4 nitrogen and oxygen atoms in total. The van der Waals surface area contributed by atoms with Crippen molar-refractivity contribution < 1.29 is 13.9 Å². The Morgan fingerprint density at radius 1 is 1.50 bits per heavy atom. The van der Waals surface area contributed by atoms with E-state index in [1.807, 2.05) is 12.3 Å². The summed E-state index contributed by atoms with van der Waals surface area (Å²) in [6, 6.07) is 4.36. The molecule has 0 fully saturated rings. The van der Waals surface area contributed by atoms with Gasteiger partial charge in [0.05, 0.1) is 17.8 Å². The molecule has 2 rings (SSSR count). The molecule has 1 aromatic heterocycles. The van der Waals surface area contributed by atoms with Gasteiger partial charge in [-0.2, -0.15) is 11.8 Å². The summed E-state index contributed by atoms with van der Waals surface area (Å²) in [6.45, 7) is 1.97. The number of thioether (sulfide) groups is 1. The molecule has 0 saturated carbocycles. The van der Waals surface area contributed by atoms with E-state index in [2.05, 4.69) is 10.3 Å². The second-order valence-electron chi connectivity index (χ2n) is 4.56.